The zero-order valence-electron chi connectivity index (χ0n) is 6.59. The molecule has 0 fully saturated rings. The van der Waals surface area contributed by atoms with Gasteiger partial charge in [0, 0.05) is 7.05 Å². The van der Waals surface area contributed by atoms with Crippen LogP contribution in [0.4, 0.5) is 0 Å². The summed E-state index contributed by atoms with van der Waals surface area (Å²) in [5, 5.41) is 2.02. The monoisotopic (exact) mass is 169 g/mol. The predicted molar refractivity (Wildman–Crippen MR) is 48.8 cm³/mol. The minimum absolute atomic E-state index is 0.748. The van der Waals surface area contributed by atoms with Crippen LogP contribution in [0, 0.1) is 6.92 Å². The van der Waals surface area contributed by atoms with Gasteiger partial charge in [0.2, 0.25) is 0 Å². The highest BCUT2D eigenvalue weighted by molar-refractivity contribution is 7.12. The zero-order valence-corrected chi connectivity index (χ0v) is 7.40. The van der Waals surface area contributed by atoms with Gasteiger partial charge in [0.15, 0.2) is 5.84 Å². The summed E-state index contributed by atoms with van der Waals surface area (Å²) in [5.41, 5.74) is 3.76. The topological polar surface area (TPSA) is 50.4 Å². The maximum absolute atomic E-state index is 5.27. The Kier molecular flexibility index (Phi) is 2.62. The number of amidine groups is 1. The summed E-state index contributed by atoms with van der Waals surface area (Å²) in [7, 11) is 1.72. The van der Waals surface area contributed by atoms with Gasteiger partial charge in [-0.2, -0.15) is 0 Å². The molecular formula is C7H11N3S. The van der Waals surface area contributed by atoms with E-state index in [-0.39, 0.29) is 0 Å². The Hall–Kier alpha value is -0.870. The van der Waals surface area contributed by atoms with Crippen LogP contribution in [0.15, 0.2) is 16.4 Å². The Morgan fingerprint density at radius 3 is 2.82 bits per heavy atom. The quantitative estimate of drug-likeness (QED) is 0.284. The average molecular weight is 169 g/mol. The third-order valence-corrected chi connectivity index (χ3v) is 2.46. The average Bonchev–Trinajstić information content (AvgIpc) is 2.40. The van der Waals surface area contributed by atoms with Crippen LogP contribution in [0.2, 0.25) is 0 Å². The zero-order chi connectivity index (χ0) is 8.27. The van der Waals surface area contributed by atoms with Crippen molar-refractivity contribution in [3.8, 4) is 0 Å². The molecule has 0 radical (unpaired) electrons. The molecule has 0 amide bonds. The van der Waals surface area contributed by atoms with E-state index in [0.29, 0.717) is 0 Å². The highest BCUT2D eigenvalue weighted by Gasteiger charge is 2.04. The fourth-order valence-electron chi connectivity index (χ4n) is 0.847. The Labute approximate surface area is 69.9 Å². The Morgan fingerprint density at radius 1 is 1.73 bits per heavy atom. The van der Waals surface area contributed by atoms with Gasteiger partial charge in [-0.1, -0.05) is 0 Å². The highest BCUT2D eigenvalue weighted by atomic mass is 32.1. The number of hydrogen-bond donors (Lipinski definition) is 2. The molecule has 0 spiro atoms. The normalized spacial score (nSPS) is 11.7. The first-order chi connectivity index (χ1) is 5.29. The van der Waals surface area contributed by atoms with Crippen LogP contribution in [0.1, 0.15) is 10.4 Å². The lowest BCUT2D eigenvalue weighted by Gasteiger charge is -2.01. The van der Waals surface area contributed by atoms with E-state index >= 15 is 0 Å². The van der Waals surface area contributed by atoms with Gasteiger partial charge in [-0.25, -0.2) is 5.84 Å². The minimum Gasteiger partial charge on any atom is -0.308 e. The van der Waals surface area contributed by atoms with E-state index in [1.54, 1.807) is 18.4 Å². The number of hydrazine groups is 1. The second-order valence-electron chi connectivity index (χ2n) is 2.15. The molecule has 0 bridgehead atoms. The predicted octanol–water partition coefficient (Wildman–Crippen LogP) is 0.896. The molecule has 0 aromatic carbocycles. The van der Waals surface area contributed by atoms with Crippen molar-refractivity contribution in [3.05, 3.63) is 21.9 Å². The minimum atomic E-state index is 0.748. The second kappa shape index (κ2) is 3.50. The van der Waals surface area contributed by atoms with Crippen LogP contribution in [0.3, 0.4) is 0 Å². The van der Waals surface area contributed by atoms with Crippen LogP contribution in [-0.4, -0.2) is 12.9 Å². The van der Waals surface area contributed by atoms with Crippen molar-refractivity contribution in [2.75, 3.05) is 7.05 Å². The molecule has 0 saturated heterocycles. The number of nitrogens with one attached hydrogen (secondary N) is 1. The van der Waals surface area contributed by atoms with Crippen LogP contribution in [-0.2, 0) is 0 Å². The van der Waals surface area contributed by atoms with E-state index in [0.717, 1.165) is 10.7 Å². The summed E-state index contributed by atoms with van der Waals surface area (Å²) in [5.74, 6) is 6.02. The van der Waals surface area contributed by atoms with Gasteiger partial charge >= 0.3 is 0 Å². The van der Waals surface area contributed by atoms with Gasteiger partial charge in [0.25, 0.3) is 0 Å². The molecule has 0 aliphatic carbocycles. The van der Waals surface area contributed by atoms with E-state index < -0.39 is 0 Å². The maximum atomic E-state index is 5.27. The number of thiophene rings is 1. The molecular weight excluding hydrogens is 158 g/mol. The van der Waals surface area contributed by atoms with E-state index in [2.05, 4.69) is 10.4 Å². The highest BCUT2D eigenvalue weighted by Crippen LogP contribution is 2.14. The number of nitrogens with zero attached hydrogens (tertiary/aromatic N) is 1. The van der Waals surface area contributed by atoms with Crippen molar-refractivity contribution in [1.82, 2.24) is 5.43 Å². The first-order valence-corrected chi connectivity index (χ1v) is 4.15. The molecule has 0 saturated carbocycles. The lowest BCUT2D eigenvalue weighted by molar-refractivity contribution is 1.02. The second-order valence-corrected chi connectivity index (χ2v) is 3.07. The molecule has 0 atom stereocenters. The van der Waals surface area contributed by atoms with E-state index in [1.165, 1.54) is 5.56 Å². The standard InChI is InChI=1S/C7H11N3S/c1-5-3-4-11-6(5)7(9-2)10-8/h3-4H,8H2,1-2H3,(H,9,10). The summed E-state index contributed by atoms with van der Waals surface area (Å²) >= 11 is 1.63. The lowest BCUT2D eigenvalue weighted by Crippen LogP contribution is -2.30. The third-order valence-electron chi connectivity index (χ3n) is 1.44. The van der Waals surface area contributed by atoms with Gasteiger partial charge in [0.1, 0.15) is 0 Å². The number of aryl methyl sites for hydroxylation is 1. The Balaban J connectivity index is 3.00. The first-order valence-electron chi connectivity index (χ1n) is 3.27. The fourth-order valence-corrected chi connectivity index (χ4v) is 1.77. The maximum Gasteiger partial charge on any atom is 0.152 e. The van der Waals surface area contributed by atoms with E-state index in [4.69, 9.17) is 5.84 Å². The smallest absolute Gasteiger partial charge is 0.152 e. The molecule has 1 rings (SSSR count). The number of hydrogen-bond acceptors (Lipinski definition) is 3. The van der Waals surface area contributed by atoms with E-state index in [9.17, 15) is 0 Å². The molecule has 1 aromatic heterocycles. The van der Waals surface area contributed by atoms with Gasteiger partial charge in [0.05, 0.1) is 4.88 Å². The van der Waals surface area contributed by atoms with Gasteiger partial charge < -0.3 is 5.43 Å². The van der Waals surface area contributed by atoms with Gasteiger partial charge in [-0.15, -0.1) is 11.3 Å². The molecule has 3 N–H and O–H groups in total. The van der Waals surface area contributed by atoms with Gasteiger partial charge in [-0.3, -0.25) is 4.99 Å². The van der Waals surface area contributed by atoms with Crippen molar-refractivity contribution in [1.29, 1.82) is 0 Å². The Bertz CT molecular complexity index is 264. The number of nitrogens with two attached hydrogens (primary N) is 1. The molecule has 0 unspecified atom stereocenters. The van der Waals surface area contributed by atoms with Crippen molar-refractivity contribution < 1.29 is 0 Å². The van der Waals surface area contributed by atoms with Crippen LogP contribution >= 0.6 is 11.3 Å². The number of aliphatic imine (C=N–C) groups is 1. The van der Waals surface area contributed by atoms with E-state index in [1.807, 2.05) is 18.4 Å². The molecule has 3 nitrogen and oxygen atoms in total. The molecule has 60 valence electrons. The summed E-state index contributed by atoms with van der Waals surface area (Å²) < 4.78 is 0. The summed E-state index contributed by atoms with van der Waals surface area (Å²) in [4.78, 5) is 5.11. The third kappa shape index (κ3) is 1.58. The summed E-state index contributed by atoms with van der Waals surface area (Å²) in [6.07, 6.45) is 0. The molecule has 11 heavy (non-hydrogen) atoms. The molecule has 1 aromatic rings. The molecule has 4 heteroatoms. The number of rotatable bonds is 1. The fraction of sp³-hybridized carbons (Fsp3) is 0.286. The van der Waals surface area contributed by atoms with Crippen LogP contribution in [0.5, 0.6) is 0 Å². The summed E-state index contributed by atoms with van der Waals surface area (Å²) in [6.45, 7) is 2.04. The lowest BCUT2D eigenvalue weighted by atomic mass is 10.3. The molecule has 0 aliphatic rings. The summed E-state index contributed by atoms with van der Waals surface area (Å²) in [6, 6.07) is 2.04. The van der Waals surface area contributed by atoms with Crippen molar-refractivity contribution in [2.45, 2.75) is 6.92 Å². The molecule has 0 aliphatic heterocycles. The van der Waals surface area contributed by atoms with Crippen LogP contribution in [0.25, 0.3) is 0 Å². The van der Waals surface area contributed by atoms with Crippen molar-refractivity contribution in [3.63, 3.8) is 0 Å². The van der Waals surface area contributed by atoms with Crippen LogP contribution < -0.4 is 11.3 Å². The van der Waals surface area contributed by atoms with Crippen molar-refractivity contribution in [2.24, 2.45) is 10.8 Å². The SMILES string of the molecule is CN=C(NN)c1sccc1C. The first kappa shape index (κ1) is 8.23. The molecule has 1 heterocycles. The largest absolute Gasteiger partial charge is 0.308 e. The Morgan fingerprint density at radius 2 is 2.45 bits per heavy atom. The van der Waals surface area contributed by atoms with Gasteiger partial charge in [-0.05, 0) is 23.9 Å². The van der Waals surface area contributed by atoms with Crippen molar-refractivity contribution >= 4 is 17.2 Å².